The highest BCUT2D eigenvalue weighted by atomic mass is 16.7. The maximum Gasteiger partial charge on any atom is 0.312 e. The Hall–Kier alpha value is -1.18. The number of carbonyl (C=O) groups is 2. The zero-order valence-corrected chi connectivity index (χ0v) is 21.6. The maximum atomic E-state index is 12.7. The molecule has 3 N–H and O–H groups in total. The van der Waals surface area contributed by atoms with Crippen molar-refractivity contribution in [3.8, 4) is 0 Å². The first-order chi connectivity index (χ1) is 15.9. The molecule has 4 aliphatic rings. The molecule has 0 aromatic rings. The number of aliphatic hydroxyl groups is 2. The molecule has 0 spiro atoms. The summed E-state index contributed by atoms with van der Waals surface area (Å²) in [6, 6.07) is 0. The zero-order chi connectivity index (χ0) is 25.1. The second-order valence-corrected chi connectivity index (χ2v) is 12.5. The topological polar surface area (TPSA) is 107 Å². The summed E-state index contributed by atoms with van der Waals surface area (Å²) in [6.07, 6.45) is 6.02. The summed E-state index contributed by atoms with van der Waals surface area (Å²) in [5.74, 6) is 1.09. The van der Waals surface area contributed by atoms with Crippen LogP contribution in [0.4, 0.5) is 0 Å². The Morgan fingerprint density at radius 2 is 1.79 bits per heavy atom. The van der Waals surface area contributed by atoms with Gasteiger partial charge < -0.3 is 15.3 Å². The van der Waals surface area contributed by atoms with E-state index >= 15 is 0 Å². The number of hydrogen-bond acceptors (Lipinski definition) is 5. The molecule has 0 heterocycles. The quantitative estimate of drug-likeness (QED) is 0.499. The molecule has 4 aliphatic carbocycles. The molecule has 0 aromatic heterocycles. The van der Waals surface area contributed by atoms with E-state index in [9.17, 15) is 24.9 Å². The number of hydrogen-bond donors (Lipinski definition) is 3. The lowest BCUT2D eigenvalue weighted by Gasteiger charge is -2.65. The third-order valence-corrected chi connectivity index (χ3v) is 11.5. The number of fused-ring (bicyclic) bond motifs is 5. The minimum absolute atomic E-state index is 0.00517. The van der Waals surface area contributed by atoms with E-state index in [4.69, 9.17) is 4.84 Å². The molecule has 4 rings (SSSR count). The van der Waals surface area contributed by atoms with Crippen molar-refractivity contribution in [3.63, 3.8) is 0 Å². The molecule has 0 saturated heterocycles. The fraction of sp³-hybridized carbons (Fsp3) is 0.926. The summed E-state index contributed by atoms with van der Waals surface area (Å²) in [7, 11) is 3.16. The first-order valence-electron chi connectivity index (χ1n) is 13.3. The number of aliphatic hydroxyl groups excluding tert-OH is 2. The maximum absolute atomic E-state index is 12.7. The molecule has 10 atom stereocenters. The van der Waals surface area contributed by atoms with Crippen LogP contribution in [0.15, 0.2) is 0 Å². The molecule has 4 saturated carbocycles. The monoisotopic (exact) mass is 479 g/mol. The van der Waals surface area contributed by atoms with Crippen molar-refractivity contribution in [1.82, 2.24) is 5.06 Å². The largest absolute Gasteiger partial charge is 0.481 e. The van der Waals surface area contributed by atoms with Crippen LogP contribution < -0.4 is 0 Å². The minimum Gasteiger partial charge on any atom is -0.481 e. The third-order valence-electron chi connectivity index (χ3n) is 11.5. The van der Waals surface area contributed by atoms with E-state index in [2.05, 4.69) is 20.8 Å². The van der Waals surface area contributed by atoms with Crippen LogP contribution in [-0.4, -0.2) is 58.6 Å². The number of carboxylic acid groups (broad SMARTS) is 1. The van der Waals surface area contributed by atoms with Gasteiger partial charge >= 0.3 is 5.97 Å². The van der Waals surface area contributed by atoms with Crippen LogP contribution in [0, 0.1) is 45.8 Å². The summed E-state index contributed by atoms with van der Waals surface area (Å²) in [6.45, 7) is 6.80. The molecule has 0 radical (unpaired) electrons. The number of amides is 1. The molecular weight excluding hydrogens is 434 g/mol. The highest BCUT2D eigenvalue weighted by Crippen LogP contribution is 2.71. The predicted octanol–water partition coefficient (Wildman–Crippen LogP) is 3.87. The summed E-state index contributed by atoms with van der Waals surface area (Å²) in [5, 5.41) is 33.5. The van der Waals surface area contributed by atoms with Crippen LogP contribution in [0.3, 0.4) is 0 Å². The number of nitrogens with zero attached hydrogens (tertiary/aromatic N) is 1. The molecule has 194 valence electrons. The van der Waals surface area contributed by atoms with Crippen LogP contribution in [0.1, 0.15) is 85.0 Å². The smallest absolute Gasteiger partial charge is 0.312 e. The molecule has 1 amide bonds. The normalized spacial score (nSPS) is 46.7. The Morgan fingerprint density at radius 3 is 2.44 bits per heavy atom. The molecule has 0 aromatic carbocycles. The second kappa shape index (κ2) is 9.04. The van der Waals surface area contributed by atoms with Crippen molar-refractivity contribution < 1.29 is 29.7 Å². The third kappa shape index (κ3) is 3.64. The molecule has 0 aliphatic heterocycles. The van der Waals surface area contributed by atoms with E-state index in [1.54, 1.807) is 7.05 Å². The molecule has 4 fully saturated rings. The van der Waals surface area contributed by atoms with Gasteiger partial charge in [0.25, 0.3) is 0 Å². The summed E-state index contributed by atoms with van der Waals surface area (Å²) in [5.41, 5.74) is -1.59. The Kier molecular flexibility index (Phi) is 6.89. The van der Waals surface area contributed by atoms with Crippen molar-refractivity contribution in [2.45, 2.75) is 97.2 Å². The molecule has 0 bridgehead atoms. The van der Waals surface area contributed by atoms with Gasteiger partial charge in [0.2, 0.25) is 5.91 Å². The zero-order valence-electron chi connectivity index (χ0n) is 21.6. The van der Waals surface area contributed by atoms with Crippen molar-refractivity contribution in [2.24, 2.45) is 45.8 Å². The van der Waals surface area contributed by atoms with E-state index in [1.807, 2.05) is 0 Å². The molecule has 34 heavy (non-hydrogen) atoms. The Morgan fingerprint density at radius 1 is 1.09 bits per heavy atom. The lowest BCUT2D eigenvalue weighted by atomic mass is 9.39. The van der Waals surface area contributed by atoms with E-state index in [0.717, 1.165) is 32.1 Å². The lowest BCUT2D eigenvalue weighted by Crippen LogP contribution is -2.67. The van der Waals surface area contributed by atoms with E-state index in [0.29, 0.717) is 49.4 Å². The van der Waals surface area contributed by atoms with Crippen molar-refractivity contribution in [3.05, 3.63) is 0 Å². The first kappa shape index (κ1) is 25.9. The predicted molar refractivity (Wildman–Crippen MR) is 127 cm³/mol. The van der Waals surface area contributed by atoms with Gasteiger partial charge in [-0.2, -0.15) is 0 Å². The number of carboxylic acids is 1. The van der Waals surface area contributed by atoms with Crippen LogP contribution >= 0.6 is 0 Å². The Bertz CT molecular complexity index is 804. The number of aliphatic carboxylic acids is 1. The van der Waals surface area contributed by atoms with E-state index in [1.165, 1.54) is 12.2 Å². The molecular formula is C27H45NO6. The number of rotatable bonds is 6. The van der Waals surface area contributed by atoms with Gasteiger partial charge in [-0.25, -0.2) is 5.06 Å². The first-order valence-corrected chi connectivity index (χ1v) is 13.3. The Labute approximate surface area is 204 Å². The van der Waals surface area contributed by atoms with Gasteiger partial charge in [0.15, 0.2) is 0 Å². The highest BCUT2D eigenvalue weighted by Gasteiger charge is 2.70. The summed E-state index contributed by atoms with van der Waals surface area (Å²) >= 11 is 0. The summed E-state index contributed by atoms with van der Waals surface area (Å²) < 4.78 is 0. The average Bonchev–Trinajstić information content (AvgIpc) is 3.15. The molecule has 1 unspecified atom stereocenters. The summed E-state index contributed by atoms with van der Waals surface area (Å²) in [4.78, 5) is 30.0. The fourth-order valence-electron chi connectivity index (χ4n) is 9.56. The molecule has 7 nitrogen and oxygen atoms in total. The van der Waals surface area contributed by atoms with Crippen LogP contribution in [0.5, 0.6) is 0 Å². The van der Waals surface area contributed by atoms with Crippen LogP contribution in [-0.2, 0) is 14.4 Å². The van der Waals surface area contributed by atoms with Crippen molar-refractivity contribution >= 4 is 11.9 Å². The van der Waals surface area contributed by atoms with Gasteiger partial charge in [-0.05, 0) is 98.2 Å². The standard InChI is InChI=1S/C27H45NO6/c1-16(6-9-23(31)28(4)34-5)19-7-8-20-18-14-22(30)27(24(32)33)15-17(29)10-13-26(27,3)21(18)11-12-25(19,20)2/h16-22,29-30H,6-15H2,1-5H3,(H,32,33)/t16-,17-,18+,19-,20+,21+,22+,25-,26-,27?/m1/s1. The Balaban J connectivity index is 1.55. The number of hydroxylamine groups is 2. The molecule has 7 heteroatoms. The second-order valence-electron chi connectivity index (χ2n) is 12.5. The van der Waals surface area contributed by atoms with Gasteiger partial charge in [-0.15, -0.1) is 0 Å². The van der Waals surface area contributed by atoms with Crippen LogP contribution in [0.2, 0.25) is 0 Å². The number of carbonyl (C=O) groups excluding carboxylic acids is 1. The highest BCUT2D eigenvalue weighted by molar-refractivity contribution is 5.77. The van der Waals surface area contributed by atoms with Crippen molar-refractivity contribution in [2.75, 3.05) is 14.2 Å². The fourth-order valence-corrected chi connectivity index (χ4v) is 9.56. The van der Waals surface area contributed by atoms with E-state index in [-0.39, 0.29) is 23.7 Å². The average molecular weight is 480 g/mol. The van der Waals surface area contributed by atoms with Crippen molar-refractivity contribution in [1.29, 1.82) is 0 Å². The van der Waals surface area contributed by atoms with Gasteiger partial charge in [0.1, 0.15) is 5.41 Å². The van der Waals surface area contributed by atoms with E-state index < -0.39 is 29.0 Å². The van der Waals surface area contributed by atoms with Gasteiger partial charge in [-0.1, -0.05) is 20.8 Å². The SMILES string of the molecule is CON(C)C(=O)CC[C@@H](C)[C@H]1CC[C@H]2[C@@H]3C[C@H](O)C4(C(=O)O)C[C@H](O)CC[C@]4(C)[C@H]3CC[C@]12C. The van der Waals surface area contributed by atoms with Crippen LogP contribution in [0.25, 0.3) is 0 Å². The van der Waals surface area contributed by atoms with Gasteiger partial charge in [-0.3, -0.25) is 14.4 Å². The van der Waals surface area contributed by atoms with Gasteiger partial charge in [0.05, 0.1) is 19.3 Å². The minimum atomic E-state index is -1.25. The lowest BCUT2D eigenvalue weighted by molar-refractivity contribution is -0.234. The van der Waals surface area contributed by atoms with Gasteiger partial charge in [0, 0.05) is 13.5 Å².